The molecule has 0 spiro atoms. The molecule has 0 N–H and O–H groups in total. The Morgan fingerprint density at radius 2 is 2.33 bits per heavy atom. The van der Waals surface area contributed by atoms with Gasteiger partial charge in [-0.2, -0.15) is 0 Å². The second-order valence-electron chi connectivity index (χ2n) is 3.90. The molecule has 0 amide bonds. The van der Waals surface area contributed by atoms with Crippen LogP contribution in [0.15, 0.2) is 17.5 Å². The van der Waals surface area contributed by atoms with Crippen LogP contribution in [0.25, 0.3) is 0 Å². The highest BCUT2D eigenvalue weighted by Crippen LogP contribution is 2.10. The zero-order valence-corrected chi connectivity index (χ0v) is 11.2. The topological polar surface area (TPSA) is 20.3 Å². The van der Waals surface area contributed by atoms with Gasteiger partial charge in [-0.3, -0.25) is 4.21 Å². The second kappa shape index (κ2) is 6.40. The third-order valence-corrected chi connectivity index (χ3v) is 4.41. The Bertz CT molecular complexity index is 298. The number of nitrogens with zero attached hydrogens (tertiary/aromatic N) is 1. The molecule has 2 nitrogen and oxygen atoms in total. The van der Waals surface area contributed by atoms with Crippen molar-refractivity contribution in [2.45, 2.75) is 19.4 Å². The van der Waals surface area contributed by atoms with Crippen molar-refractivity contribution in [1.29, 1.82) is 0 Å². The van der Waals surface area contributed by atoms with E-state index in [1.807, 2.05) is 0 Å². The number of hydrogen-bond acceptors (Lipinski definition) is 3. The zero-order valence-electron chi connectivity index (χ0n) is 9.60. The lowest BCUT2D eigenvalue weighted by atomic mass is 10.3. The minimum absolute atomic E-state index is 0.399. The Labute approximate surface area is 98.8 Å². The molecule has 15 heavy (non-hydrogen) atoms. The molecule has 0 aliphatic heterocycles. The van der Waals surface area contributed by atoms with Crippen LogP contribution in [-0.4, -0.2) is 40.8 Å². The molecule has 0 radical (unpaired) electrons. The van der Waals surface area contributed by atoms with Crippen molar-refractivity contribution in [2.75, 3.05) is 25.6 Å². The summed E-state index contributed by atoms with van der Waals surface area (Å²) in [5.74, 6) is 0.765. The molecule has 0 bridgehead atoms. The Morgan fingerprint density at radius 3 is 2.87 bits per heavy atom. The maximum Gasteiger partial charge on any atom is 0.0385 e. The molecule has 1 aromatic rings. The fourth-order valence-electron chi connectivity index (χ4n) is 1.43. The van der Waals surface area contributed by atoms with E-state index in [9.17, 15) is 4.21 Å². The molecule has 0 aliphatic rings. The van der Waals surface area contributed by atoms with Crippen LogP contribution in [0.4, 0.5) is 0 Å². The smallest absolute Gasteiger partial charge is 0.0385 e. The molecule has 1 aromatic heterocycles. The quantitative estimate of drug-likeness (QED) is 0.764. The summed E-state index contributed by atoms with van der Waals surface area (Å²) in [6, 6.07) is 4.65. The first-order chi connectivity index (χ1) is 7.09. The largest absolute Gasteiger partial charge is 0.302 e. The summed E-state index contributed by atoms with van der Waals surface area (Å²) in [5, 5.41) is 2.11. The number of hydrogen-bond donors (Lipinski definition) is 0. The maximum absolute atomic E-state index is 11.1. The fourth-order valence-corrected chi connectivity index (χ4v) is 3.06. The summed E-state index contributed by atoms with van der Waals surface area (Å²) in [7, 11) is 1.41. The molecule has 0 saturated carbocycles. The number of likely N-dealkylation sites (N-methyl/N-ethyl adjacent to an activating group) is 1. The van der Waals surface area contributed by atoms with Crippen molar-refractivity contribution in [1.82, 2.24) is 4.90 Å². The van der Waals surface area contributed by atoms with Crippen molar-refractivity contribution in [3.63, 3.8) is 0 Å². The predicted molar refractivity (Wildman–Crippen MR) is 69.0 cm³/mol. The summed E-state index contributed by atoms with van der Waals surface area (Å²) >= 11 is 1.80. The SMILES string of the molecule is CC(CS(C)=O)N(C)CCc1cccs1. The first kappa shape index (κ1) is 12.9. The van der Waals surface area contributed by atoms with E-state index in [2.05, 4.69) is 36.4 Å². The average molecular weight is 245 g/mol. The number of rotatable bonds is 6. The van der Waals surface area contributed by atoms with Gasteiger partial charge in [0.2, 0.25) is 0 Å². The molecule has 1 rings (SSSR count). The summed E-state index contributed by atoms with van der Waals surface area (Å²) in [6.45, 7) is 3.18. The van der Waals surface area contributed by atoms with E-state index in [0.717, 1.165) is 18.7 Å². The lowest BCUT2D eigenvalue weighted by Crippen LogP contribution is -2.34. The standard InChI is InChI=1S/C11H19NOS2/c1-10(9-15(3)13)12(2)7-6-11-5-4-8-14-11/h4-5,8,10H,6-7,9H2,1-3H3. The molecule has 86 valence electrons. The zero-order chi connectivity index (χ0) is 11.3. The monoisotopic (exact) mass is 245 g/mol. The second-order valence-corrected chi connectivity index (χ2v) is 6.41. The van der Waals surface area contributed by atoms with Crippen molar-refractivity contribution >= 4 is 22.1 Å². The van der Waals surface area contributed by atoms with E-state index in [1.54, 1.807) is 17.6 Å². The Balaban J connectivity index is 2.29. The van der Waals surface area contributed by atoms with Gasteiger partial charge in [-0.25, -0.2) is 0 Å². The van der Waals surface area contributed by atoms with E-state index >= 15 is 0 Å². The van der Waals surface area contributed by atoms with Crippen LogP contribution in [0.5, 0.6) is 0 Å². The van der Waals surface area contributed by atoms with Crippen molar-refractivity contribution in [2.24, 2.45) is 0 Å². The molecule has 2 atom stereocenters. The maximum atomic E-state index is 11.1. The van der Waals surface area contributed by atoms with Gasteiger partial charge in [-0.15, -0.1) is 11.3 Å². The first-order valence-electron chi connectivity index (χ1n) is 5.12. The fraction of sp³-hybridized carbons (Fsp3) is 0.636. The van der Waals surface area contributed by atoms with Crippen LogP contribution in [0.2, 0.25) is 0 Å². The van der Waals surface area contributed by atoms with Crippen LogP contribution in [0.1, 0.15) is 11.8 Å². The average Bonchev–Trinajstić information content (AvgIpc) is 2.65. The summed E-state index contributed by atoms with van der Waals surface area (Å²) in [5.41, 5.74) is 0. The molecular formula is C11H19NOS2. The van der Waals surface area contributed by atoms with Gasteiger partial charge in [0.05, 0.1) is 0 Å². The summed E-state index contributed by atoms with van der Waals surface area (Å²) in [4.78, 5) is 3.70. The molecule has 4 heteroatoms. The van der Waals surface area contributed by atoms with Gasteiger partial charge in [0.1, 0.15) is 0 Å². The van der Waals surface area contributed by atoms with Crippen LogP contribution >= 0.6 is 11.3 Å². The Kier molecular flexibility index (Phi) is 5.50. The highest BCUT2D eigenvalue weighted by atomic mass is 32.2. The summed E-state index contributed by atoms with van der Waals surface area (Å²) in [6.07, 6.45) is 2.86. The Morgan fingerprint density at radius 1 is 1.60 bits per heavy atom. The first-order valence-corrected chi connectivity index (χ1v) is 7.73. The van der Waals surface area contributed by atoms with E-state index in [-0.39, 0.29) is 0 Å². The van der Waals surface area contributed by atoms with Crippen molar-refractivity contribution in [3.8, 4) is 0 Å². The molecule has 0 aromatic carbocycles. The highest BCUT2D eigenvalue weighted by Gasteiger charge is 2.10. The van der Waals surface area contributed by atoms with Gasteiger partial charge < -0.3 is 4.90 Å². The number of thiophene rings is 1. The van der Waals surface area contributed by atoms with Crippen LogP contribution in [0.3, 0.4) is 0 Å². The third kappa shape index (κ3) is 4.91. The van der Waals surface area contributed by atoms with Gasteiger partial charge in [-0.05, 0) is 31.8 Å². The molecule has 0 saturated heterocycles. The predicted octanol–water partition coefficient (Wildman–Crippen LogP) is 1.99. The van der Waals surface area contributed by atoms with Crippen molar-refractivity contribution < 1.29 is 4.21 Å². The molecule has 0 aliphatic carbocycles. The lowest BCUT2D eigenvalue weighted by molar-refractivity contribution is 0.281. The molecule has 2 unspecified atom stereocenters. The van der Waals surface area contributed by atoms with E-state index in [1.165, 1.54) is 4.88 Å². The molecule has 1 heterocycles. The van der Waals surface area contributed by atoms with Gasteiger partial charge in [0.25, 0.3) is 0 Å². The van der Waals surface area contributed by atoms with Gasteiger partial charge in [0.15, 0.2) is 0 Å². The van der Waals surface area contributed by atoms with Gasteiger partial charge >= 0.3 is 0 Å². The third-order valence-electron chi connectivity index (χ3n) is 2.52. The minimum atomic E-state index is -0.696. The molecular weight excluding hydrogens is 226 g/mol. The van der Waals surface area contributed by atoms with E-state index in [4.69, 9.17) is 0 Å². The van der Waals surface area contributed by atoms with Crippen molar-refractivity contribution in [3.05, 3.63) is 22.4 Å². The van der Waals surface area contributed by atoms with Crippen LogP contribution in [-0.2, 0) is 17.2 Å². The Hall–Kier alpha value is -0.190. The minimum Gasteiger partial charge on any atom is -0.302 e. The van der Waals surface area contributed by atoms with Crippen LogP contribution in [0, 0.1) is 0 Å². The van der Waals surface area contributed by atoms with Crippen LogP contribution < -0.4 is 0 Å². The van der Waals surface area contributed by atoms with E-state index < -0.39 is 10.8 Å². The normalized spacial score (nSPS) is 15.5. The highest BCUT2D eigenvalue weighted by molar-refractivity contribution is 7.84. The summed E-state index contributed by atoms with van der Waals surface area (Å²) < 4.78 is 11.1. The van der Waals surface area contributed by atoms with Gasteiger partial charge in [-0.1, -0.05) is 6.07 Å². The lowest BCUT2D eigenvalue weighted by Gasteiger charge is -2.23. The van der Waals surface area contributed by atoms with Gasteiger partial charge in [0, 0.05) is 40.3 Å². The molecule has 0 fully saturated rings. The van der Waals surface area contributed by atoms with E-state index in [0.29, 0.717) is 6.04 Å².